The van der Waals surface area contributed by atoms with Crippen LogP contribution in [-0.4, -0.2) is 16.4 Å². The average Bonchev–Trinajstić information content (AvgIpc) is 2.01. The molecule has 0 aliphatic heterocycles. The van der Waals surface area contributed by atoms with E-state index in [9.17, 15) is 9.90 Å². The van der Waals surface area contributed by atoms with Gasteiger partial charge in [0.25, 0.3) is 0 Å². The summed E-state index contributed by atoms with van der Waals surface area (Å²) < 4.78 is 0. The standard InChI is InChI=1S/C10H13NO2/c1-10(2,3)9-8(13)4-7(6-12)5-11-9/h4-6,13H,1-3H3. The molecule has 1 aromatic heterocycles. The van der Waals surface area contributed by atoms with Crippen LogP contribution in [0.3, 0.4) is 0 Å². The lowest BCUT2D eigenvalue weighted by Crippen LogP contribution is -2.13. The van der Waals surface area contributed by atoms with Crippen molar-refractivity contribution in [1.29, 1.82) is 0 Å². The highest BCUT2D eigenvalue weighted by Crippen LogP contribution is 2.28. The highest BCUT2D eigenvalue weighted by atomic mass is 16.3. The Balaban J connectivity index is 3.20. The van der Waals surface area contributed by atoms with Crippen molar-refractivity contribution >= 4 is 6.29 Å². The van der Waals surface area contributed by atoms with Crippen LogP contribution in [0.5, 0.6) is 5.75 Å². The first kappa shape index (κ1) is 9.71. The van der Waals surface area contributed by atoms with Gasteiger partial charge in [-0.1, -0.05) is 20.8 Å². The molecule has 1 heterocycles. The van der Waals surface area contributed by atoms with E-state index in [1.165, 1.54) is 12.3 Å². The van der Waals surface area contributed by atoms with Gasteiger partial charge in [-0.15, -0.1) is 0 Å². The van der Waals surface area contributed by atoms with Crippen LogP contribution in [0.25, 0.3) is 0 Å². The van der Waals surface area contributed by atoms with Crippen molar-refractivity contribution in [2.75, 3.05) is 0 Å². The minimum atomic E-state index is -0.203. The van der Waals surface area contributed by atoms with Crippen LogP contribution in [0.15, 0.2) is 12.3 Å². The molecule has 13 heavy (non-hydrogen) atoms. The van der Waals surface area contributed by atoms with Crippen LogP contribution in [0.2, 0.25) is 0 Å². The van der Waals surface area contributed by atoms with E-state index in [-0.39, 0.29) is 11.2 Å². The molecular formula is C10H13NO2. The molecule has 3 nitrogen and oxygen atoms in total. The van der Waals surface area contributed by atoms with Crippen LogP contribution in [0.4, 0.5) is 0 Å². The summed E-state index contributed by atoms with van der Waals surface area (Å²) in [5.41, 5.74) is 0.800. The predicted octanol–water partition coefficient (Wildman–Crippen LogP) is 1.90. The van der Waals surface area contributed by atoms with Crippen molar-refractivity contribution in [3.8, 4) is 5.75 Å². The van der Waals surface area contributed by atoms with E-state index in [2.05, 4.69) is 4.98 Å². The average molecular weight is 179 g/mol. The van der Waals surface area contributed by atoms with E-state index in [0.717, 1.165) is 0 Å². The van der Waals surface area contributed by atoms with Crippen LogP contribution in [0, 0.1) is 0 Å². The zero-order valence-electron chi connectivity index (χ0n) is 8.03. The van der Waals surface area contributed by atoms with Gasteiger partial charge in [0.15, 0.2) is 6.29 Å². The molecule has 0 aliphatic carbocycles. The molecule has 0 fully saturated rings. The Kier molecular flexibility index (Phi) is 2.36. The molecule has 1 rings (SSSR count). The molecular weight excluding hydrogens is 166 g/mol. The quantitative estimate of drug-likeness (QED) is 0.670. The van der Waals surface area contributed by atoms with Gasteiger partial charge in [-0.25, -0.2) is 0 Å². The van der Waals surface area contributed by atoms with Crippen molar-refractivity contribution in [1.82, 2.24) is 4.98 Å². The molecule has 0 aliphatic rings. The van der Waals surface area contributed by atoms with E-state index in [0.29, 0.717) is 17.5 Å². The first-order chi connectivity index (χ1) is 5.95. The number of hydrogen-bond donors (Lipinski definition) is 1. The van der Waals surface area contributed by atoms with Gasteiger partial charge in [0.05, 0.1) is 5.69 Å². The van der Waals surface area contributed by atoms with Gasteiger partial charge in [-0.05, 0) is 6.07 Å². The fourth-order valence-corrected chi connectivity index (χ4v) is 1.11. The van der Waals surface area contributed by atoms with Gasteiger partial charge in [0.1, 0.15) is 5.75 Å². The molecule has 0 bridgehead atoms. The summed E-state index contributed by atoms with van der Waals surface area (Å²) in [7, 11) is 0. The summed E-state index contributed by atoms with van der Waals surface area (Å²) in [6.45, 7) is 5.86. The smallest absolute Gasteiger partial charge is 0.151 e. The van der Waals surface area contributed by atoms with Crippen LogP contribution in [-0.2, 0) is 5.41 Å². The van der Waals surface area contributed by atoms with Gasteiger partial charge in [-0.3, -0.25) is 9.78 Å². The highest BCUT2D eigenvalue weighted by Gasteiger charge is 2.19. The number of aromatic hydroxyl groups is 1. The predicted molar refractivity (Wildman–Crippen MR) is 50.0 cm³/mol. The number of aromatic nitrogens is 1. The van der Waals surface area contributed by atoms with Gasteiger partial charge >= 0.3 is 0 Å². The second-order valence-electron chi connectivity index (χ2n) is 4.00. The van der Waals surface area contributed by atoms with Crippen molar-refractivity contribution in [3.05, 3.63) is 23.5 Å². The molecule has 1 N–H and O–H groups in total. The van der Waals surface area contributed by atoms with Crippen molar-refractivity contribution in [2.45, 2.75) is 26.2 Å². The molecule has 0 radical (unpaired) electrons. The topological polar surface area (TPSA) is 50.2 Å². The SMILES string of the molecule is CC(C)(C)c1ncc(C=O)cc1O. The third-order valence-corrected chi connectivity index (χ3v) is 1.74. The molecule has 0 aromatic carbocycles. The molecule has 0 saturated heterocycles. The van der Waals surface area contributed by atoms with E-state index in [4.69, 9.17) is 0 Å². The second-order valence-corrected chi connectivity index (χ2v) is 4.00. The fourth-order valence-electron chi connectivity index (χ4n) is 1.11. The molecule has 1 aromatic rings. The summed E-state index contributed by atoms with van der Waals surface area (Å²) in [6.07, 6.45) is 2.13. The Morgan fingerprint density at radius 3 is 2.46 bits per heavy atom. The molecule has 3 heteroatoms. The normalized spacial score (nSPS) is 11.3. The lowest BCUT2D eigenvalue weighted by atomic mass is 9.91. The monoisotopic (exact) mass is 179 g/mol. The molecule has 70 valence electrons. The Morgan fingerprint density at radius 2 is 2.08 bits per heavy atom. The Labute approximate surface area is 77.4 Å². The Bertz CT molecular complexity index is 326. The third kappa shape index (κ3) is 2.05. The molecule has 0 spiro atoms. The minimum absolute atomic E-state index is 0.0806. The number of aldehydes is 1. The third-order valence-electron chi connectivity index (χ3n) is 1.74. The molecule has 0 unspecified atom stereocenters. The van der Waals surface area contributed by atoms with E-state index >= 15 is 0 Å². The Morgan fingerprint density at radius 1 is 1.46 bits per heavy atom. The van der Waals surface area contributed by atoms with Crippen LogP contribution < -0.4 is 0 Å². The molecule has 0 amide bonds. The first-order valence-electron chi connectivity index (χ1n) is 4.10. The minimum Gasteiger partial charge on any atom is -0.506 e. The zero-order valence-corrected chi connectivity index (χ0v) is 8.03. The van der Waals surface area contributed by atoms with Gasteiger partial charge < -0.3 is 5.11 Å². The summed E-state index contributed by atoms with van der Waals surface area (Å²) in [5, 5.41) is 9.54. The number of carbonyl (C=O) groups is 1. The molecule has 0 atom stereocenters. The van der Waals surface area contributed by atoms with E-state index in [1.807, 2.05) is 20.8 Å². The lowest BCUT2D eigenvalue weighted by molar-refractivity contribution is 0.112. The fraction of sp³-hybridized carbons (Fsp3) is 0.400. The van der Waals surface area contributed by atoms with E-state index < -0.39 is 0 Å². The maximum Gasteiger partial charge on any atom is 0.151 e. The highest BCUT2D eigenvalue weighted by molar-refractivity contribution is 5.75. The number of pyridine rings is 1. The van der Waals surface area contributed by atoms with Gasteiger partial charge in [0, 0.05) is 17.2 Å². The Hall–Kier alpha value is -1.38. The van der Waals surface area contributed by atoms with Gasteiger partial charge in [-0.2, -0.15) is 0 Å². The lowest BCUT2D eigenvalue weighted by Gasteiger charge is -2.18. The zero-order chi connectivity index (χ0) is 10.1. The number of hydrogen-bond acceptors (Lipinski definition) is 3. The van der Waals surface area contributed by atoms with Crippen molar-refractivity contribution in [2.24, 2.45) is 0 Å². The summed E-state index contributed by atoms with van der Waals surface area (Å²) >= 11 is 0. The van der Waals surface area contributed by atoms with E-state index in [1.54, 1.807) is 0 Å². The number of nitrogens with zero attached hydrogens (tertiary/aromatic N) is 1. The van der Waals surface area contributed by atoms with Crippen LogP contribution in [0.1, 0.15) is 36.8 Å². The first-order valence-corrected chi connectivity index (χ1v) is 4.10. The number of carbonyl (C=O) groups excluding carboxylic acids is 1. The summed E-state index contributed by atoms with van der Waals surface area (Å²) in [4.78, 5) is 14.4. The van der Waals surface area contributed by atoms with Crippen LogP contribution >= 0.6 is 0 Å². The maximum absolute atomic E-state index is 10.4. The van der Waals surface area contributed by atoms with Gasteiger partial charge in [0.2, 0.25) is 0 Å². The largest absolute Gasteiger partial charge is 0.506 e. The van der Waals surface area contributed by atoms with Crippen molar-refractivity contribution in [3.63, 3.8) is 0 Å². The van der Waals surface area contributed by atoms with Crippen molar-refractivity contribution < 1.29 is 9.90 Å². The maximum atomic E-state index is 10.4. The summed E-state index contributed by atoms with van der Waals surface area (Å²) in [5.74, 6) is 0.0806. The second kappa shape index (κ2) is 3.17. The molecule has 0 saturated carbocycles. The number of rotatable bonds is 1. The summed E-state index contributed by atoms with van der Waals surface area (Å²) in [6, 6.07) is 1.43.